The molecule has 0 radical (unpaired) electrons. The standard InChI is InChI=1S/C15H27NO4S/c16-14(13-3-1-2-10-21(13,17)18)12-4-7-20-15(11-12)5-8-19-9-6-15/h12-14H,1-11,16H2. The van der Waals surface area contributed by atoms with Crippen LogP contribution in [-0.2, 0) is 19.3 Å². The van der Waals surface area contributed by atoms with Crippen molar-refractivity contribution in [2.45, 2.75) is 61.8 Å². The predicted molar refractivity (Wildman–Crippen MR) is 80.9 cm³/mol. The Hall–Kier alpha value is -0.170. The second kappa shape index (κ2) is 6.14. The maximum absolute atomic E-state index is 12.3. The topological polar surface area (TPSA) is 78.6 Å². The molecule has 3 fully saturated rings. The van der Waals surface area contributed by atoms with Gasteiger partial charge in [0.1, 0.15) is 0 Å². The summed E-state index contributed by atoms with van der Waals surface area (Å²) in [5.74, 6) is 0.572. The van der Waals surface area contributed by atoms with E-state index in [2.05, 4.69) is 0 Å². The van der Waals surface area contributed by atoms with E-state index in [9.17, 15) is 8.42 Å². The van der Waals surface area contributed by atoms with Gasteiger partial charge >= 0.3 is 0 Å². The normalized spacial score (nSPS) is 37.2. The van der Waals surface area contributed by atoms with Gasteiger partial charge < -0.3 is 15.2 Å². The van der Waals surface area contributed by atoms with Crippen molar-refractivity contribution in [1.82, 2.24) is 0 Å². The lowest BCUT2D eigenvalue weighted by Gasteiger charge is -2.46. The number of ether oxygens (including phenoxy) is 2. The van der Waals surface area contributed by atoms with Gasteiger partial charge in [0.2, 0.25) is 0 Å². The van der Waals surface area contributed by atoms with Crippen LogP contribution in [0.5, 0.6) is 0 Å². The van der Waals surface area contributed by atoms with Gasteiger partial charge in [0.15, 0.2) is 9.84 Å². The zero-order valence-electron chi connectivity index (χ0n) is 12.6. The Kier molecular flexibility index (Phi) is 4.60. The van der Waals surface area contributed by atoms with Crippen molar-refractivity contribution >= 4 is 9.84 Å². The van der Waals surface area contributed by atoms with Crippen LogP contribution in [0.1, 0.15) is 44.9 Å². The van der Waals surface area contributed by atoms with Gasteiger partial charge in [0.25, 0.3) is 0 Å². The zero-order chi connectivity index (χ0) is 14.9. The highest BCUT2D eigenvalue weighted by atomic mass is 32.2. The molecule has 0 aromatic rings. The van der Waals surface area contributed by atoms with Gasteiger partial charge in [-0.3, -0.25) is 0 Å². The molecule has 6 heteroatoms. The van der Waals surface area contributed by atoms with E-state index >= 15 is 0 Å². The first-order valence-electron chi connectivity index (χ1n) is 8.21. The molecule has 0 aromatic heterocycles. The maximum atomic E-state index is 12.3. The Morgan fingerprint density at radius 3 is 2.57 bits per heavy atom. The Labute approximate surface area is 127 Å². The molecule has 3 saturated heterocycles. The van der Waals surface area contributed by atoms with E-state index in [1.54, 1.807) is 0 Å². The molecule has 0 saturated carbocycles. The Morgan fingerprint density at radius 2 is 1.86 bits per heavy atom. The van der Waals surface area contributed by atoms with Crippen molar-refractivity contribution in [2.24, 2.45) is 11.7 Å². The summed E-state index contributed by atoms with van der Waals surface area (Å²) in [5.41, 5.74) is 6.31. The first kappa shape index (κ1) is 15.7. The van der Waals surface area contributed by atoms with Crippen molar-refractivity contribution < 1.29 is 17.9 Å². The molecule has 2 N–H and O–H groups in total. The predicted octanol–water partition coefficient (Wildman–Crippen LogP) is 1.26. The third-order valence-corrected chi connectivity index (χ3v) is 7.87. The molecule has 1 spiro atoms. The number of nitrogens with two attached hydrogens (primary N) is 1. The fourth-order valence-corrected chi connectivity index (χ4v) is 6.34. The van der Waals surface area contributed by atoms with E-state index in [4.69, 9.17) is 15.2 Å². The van der Waals surface area contributed by atoms with Crippen molar-refractivity contribution in [3.8, 4) is 0 Å². The van der Waals surface area contributed by atoms with E-state index < -0.39 is 9.84 Å². The zero-order valence-corrected chi connectivity index (χ0v) is 13.4. The largest absolute Gasteiger partial charge is 0.381 e. The van der Waals surface area contributed by atoms with Crippen LogP contribution in [0.25, 0.3) is 0 Å². The highest BCUT2D eigenvalue weighted by Crippen LogP contribution is 2.39. The molecule has 3 heterocycles. The number of rotatable bonds is 2. The maximum Gasteiger partial charge on any atom is 0.154 e. The minimum atomic E-state index is -3.00. The molecular formula is C15H27NO4S. The molecule has 0 aromatic carbocycles. The van der Waals surface area contributed by atoms with Crippen LogP contribution in [-0.4, -0.2) is 50.9 Å². The van der Waals surface area contributed by atoms with E-state index in [0.717, 1.165) is 58.2 Å². The summed E-state index contributed by atoms with van der Waals surface area (Å²) in [6, 6.07) is -0.237. The van der Waals surface area contributed by atoms with Crippen LogP contribution in [0.2, 0.25) is 0 Å². The van der Waals surface area contributed by atoms with E-state index in [1.165, 1.54) is 0 Å². The van der Waals surface area contributed by atoms with Gasteiger partial charge in [-0.15, -0.1) is 0 Å². The minimum Gasteiger partial charge on any atom is -0.381 e. The Morgan fingerprint density at radius 1 is 1.10 bits per heavy atom. The average molecular weight is 317 g/mol. The fourth-order valence-electron chi connectivity index (χ4n) is 4.20. The molecule has 3 rings (SSSR count). The second-order valence-corrected chi connectivity index (χ2v) is 9.21. The molecule has 0 amide bonds. The summed E-state index contributed by atoms with van der Waals surface area (Å²) >= 11 is 0. The minimum absolute atomic E-state index is 0.114. The van der Waals surface area contributed by atoms with Gasteiger partial charge in [-0.05, 0) is 44.4 Å². The molecule has 0 aliphatic carbocycles. The summed E-state index contributed by atoms with van der Waals surface area (Å²) in [5, 5.41) is -0.341. The number of sulfone groups is 1. The van der Waals surface area contributed by atoms with E-state index in [-0.39, 0.29) is 22.8 Å². The molecule has 0 bridgehead atoms. The van der Waals surface area contributed by atoms with Gasteiger partial charge in [-0.2, -0.15) is 0 Å². The van der Waals surface area contributed by atoms with Gasteiger partial charge in [-0.25, -0.2) is 8.42 Å². The lowest BCUT2D eigenvalue weighted by Crippen LogP contribution is -2.53. The number of hydrogen-bond acceptors (Lipinski definition) is 5. The van der Waals surface area contributed by atoms with Crippen molar-refractivity contribution in [2.75, 3.05) is 25.6 Å². The quantitative estimate of drug-likeness (QED) is 0.829. The molecule has 3 atom stereocenters. The molecular weight excluding hydrogens is 290 g/mol. The highest BCUT2D eigenvalue weighted by Gasteiger charge is 2.44. The lowest BCUT2D eigenvalue weighted by molar-refractivity contribution is -0.149. The van der Waals surface area contributed by atoms with Gasteiger partial charge in [-0.1, -0.05) is 6.42 Å². The lowest BCUT2D eigenvalue weighted by atomic mass is 9.77. The van der Waals surface area contributed by atoms with Crippen LogP contribution in [0.15, 0.2) is 0 Å². The third kappa shape index (κ3) is 3.28. The van der Waals surface area contributed by atoms with E-state index in [1.807, 2.05) is 0 Å². The Bertz CT molecular complexity index is 453. The van der Waals surface area contributed by atoms with Crippen LogP contribution in [0.3, 0.4) is 0 Å². The first-order valence-corrected chi connectivity index (χ1v) is 9.93. The summed E-state index contributed by atoms with van der Waals surface area (Å²) in [6.45, 7) is 2.18. The molecule has 5 nitrogen and oxygen atoms in total. The van der Waals surface area contributed by atoms with Crippen molar-refractivity contribution in [3.05, 3.63) is 0 Å². The third-order valence-electron chi connectivity index (χ3n) is 5.54. The average Bonchev–Trinajstić information content (AvgIpc) is 2.47. The van der Waals surface area contributed by atoms with Gasteiger partial charge in [0, 0.05) is 25.9 Å². The fraction of sp³-hybridized carbons (Fsp3) is 1.00. The summed E-state index contributed by atoms with van der Waals surface area (Å²) < 4.78 is 36.1. The molecule has 3 aliphatic rings. The van der Waals surface area contributed by atoms with Crippen LogP contribution >= 0.6 is 0 Å². The number of hydrogen-bond donors (Lipinski definition) is 1. The summed E-state index contributed by atoms with van der Waals surface area (Å²) in [7, 11) is -3.00. The molecule has 122 valence electrons. The Balaban J connectivity index is 1.70. The molecule has 21 heavy (non-hydrogen) atoms. The van der Waals surface area contributed by atoms with Crippen LogP contribution in [0, 0.1) is 5.92 Å². The second-order valence-electron chi connectivity index (χ2n) is 6.88. The summed E-state index contributed by atoms with van der Waals surface area (Å²) in [6.07, 6.45) is 6.11. The van der Waals surface area contributed by atoms with Crippen LogP contribution < -0.4 is 5.73 Å². The summed E-state index contributed by atoms with van der Waals surface area (Å²) in [4.78, 5) is 0. The van der Waals surface area contributed by atoms with E-state index in [0.29, 0.717) is 12.4 Å². The molecule has 3 aliphatic heterocycles. The smallest absolute Gasteiger partial charge is 0.154 e. The first-order chi connectivity index (χ1) is 10.0. The van der Waals surface area contributed by atoms with Gasteiger partial charge in [0.05, 0.1) is 16.6 Å². The SMILES string of the molecule is NC(C1CCOC2(CCOCC2)C1)C1CCCCS1(=O)=O. The van der Waals surface area contributed by atoms with Crippen molar-refractivity contribution in [1.29, 1.82) is 0 Å². The van der Waals surface area contributed by atoms with Crippen LogP contribution in [0.4, 0.5) is 0 Å². The monoisotopic (exact) mass is 317 g/mol. The van der Waals surface area contributed by atoms with Crippen molar-refractivity contribution in [3.63, 3.8) is 0 Å². The molecule has 3 unspecified atom stereocenters. The highest BCUT2D eigenvalue weighted by molar-refractivity contribution is 7.92.